The van der Waals surface area contributed by atoms with Crippen LogP contribution in [0, 0.1) is 12.7 Å². The Balaban J connectivity index is 1.51. The maximum atomic E-state index is 13.2. The molecular weight excluding hydrogens is 357 g/mol. The van der Waals surface area contributed by atoms with Crippen molar-refractivity contribution in [2.45, 2.75) is 13.5 Å². The van der Waals surface area contributed by atoms with Crippen LogP contribution in [0.4, 0.5) is 10.1 Å². The summed E-state index contributed by atoms with van der Waals surface area (Å²) >= 11 is 11.4. The molecular formula is C19H21ClFN3S. The van der Waals surface area contributed by atoms with Gasteiger partial charge in [0.25, 0.3) is 0 Å². The van der Waals surface area contributed by atoms with Crippen LogP contribution in [0.2, 0.25) is 5.02 Å². The Morgan fingerprint density at radius 1 is 1.16 bits per heavy atom. The van der Waals surface area contributed by atoms with Crippen molar-refractivity contribution in [1.29, 1.82) is 0 Å². The quantitative estimate of drug-likeness (QED) is 0.803. The molecule has 0 radical (unpaired) electrons. The fourth-order valence-electron chi connectivity index (χ4n) is 2.93. The first kappa shape index (κ1) is 18.1. The molecule has 132 valence electrons. The van der Waals surface area contributed by atoms with Crippen LogP contribution in [0.3, 0.4) is 0 Å². The number of hydrogen-bond acceptors (Lipinski definition) is 2. The van der Waals surface area contributed by atoms with Crippen molar-refractivity contribution in [2.24, 2.45) is 0 Å². The van der Waals surface area contributed by atoms with Crippen LogP contribution in [-0.2, 0) is 6.54 Å². The first-order valence-electron chi connectivity index (χ1n) is 8.30. The average molecular weight is 378 g/mol. The van der Waals surface area contributed by atoms with Crippen LogP contribution in [0.25, 0.3) is 0 Å². The number of nitrogens with one attached hydrogen (secondary N) is 1. The Labute approximate surface area is 158 Å². The van der Waals surface area contributed by atoms with E-state index in [1.807, 2.05) is 12.1 Å². The zero-order chi connectivity index (χ0) is 17.8. The highest BCUT2D eigenvalue weighted by Gasteiger charge is 2.19. The van der Waals surface area contributed by atoms with E-state index in [0.29, 0.717) is 0 Å². The van der Waals surface area contributed by atoms with Crippen LogP contribution in [-0.4, -0.2) is 41.1 Å². The number of thiocarbonyl (C=S) groups is 1. The van der Waals surface area contributed by atoms with Gasteiger partial charge < -0.3 is 10.2 Å². The molecule has 0 aliphatic carbocycles. The van der Waals surface area contributed by atoms with Gasteiger partial charge in [-0.3, -0.25) is 4.90 Å². The molecule has 1 heterocycles. The predicted octanol–water partition coefficient (Wildman–Crippen LogP) is 4.30. The van der Waals surface area contributed by atoms with E-state index in [-0.39, 0.29) is 10.8 Å². The molecule has 1 aliphatic rings. The third-order valence-electron chi connectivity index (χ3n) is 4.32. The first-order chi connectivity index (χ1) is 12.0. The van der Waals surface area contributed by atoms with Gasteiger partial charge in [0.15, 0.2) is 5.11 Å². The second-order valence-electron chi connectivity index (χ2n) is 6.31. The summed E-state index contributed by atoms with van der Waals surface area (Å²) in [6, 6.07) is 13.1. The summed E-state index contributed by atoms with van der Waals surface area (Å²) in [4.78, 5) is 4.52. The van der Waals surface area contributed by atoms with Crippen molar-refractivity contribution >= 4 is 34.6 Å². The van der Waals surface area contributed by atoms with Gasteiger partial charge in [-0.1, -0.05) is 29.8 Å². The van der Waals surface area contributed by atoms with E-state index >= 15 is 0 Å². The van der Waals surface area contributed by atoms with Gasteiger partial charge in [-0.05, 0) is 54.5 Å². The molecule has 0 amide bonds. The maximum Gasteiger partial charge on any atom is 0.173 e. The molecule has 0 bridgehead atoms. The van der Waals surface area contributed by atoms with Gasteiger partial charge >= 0.3 is 0 Å². The monoisotopic (exact) mass is 377 g/mol. The Kier molecular flexibility index (Phi) is 5.89. The molecule has 1 saturated heterocycles. The number of aryl methyl sites for hydroxylation is 1. The van der Waals surface area contributed by atoms with Crippen molar-refractivity contribution < 1.29 is 4.39 Å². The fourth-order valence-corrected chi connectivity index (χ4v) is 3.43. The van der Waals surface area contributed by atoms with Crippen LogP contribution in [0.15, 0.2) is 42.5 Å². The fraction of sp³-hybridized carbons (Fsp3) is 0.316. The van der Waals surface area contributed by atoms with E-state index in [9.17, 15) is 4.39 Å². The highest BCUT2D eigenvalue weighted by molar-refractivity contribution is 7.80. The van der Waals surface area contributed by atoms with E-state index in [4.69, 9.17) is 23.8 Å². The number of hydrogen-bond donors (Lipinski definition) is 1. The molecule has 3 rings (SSSR count). The number of nitrogens with zero attached hydrogens (tertiary/aromatic N) is 2. The molecule has 0 unspecified atom stereocenters. The van der Waals surface area contributed by atoms with Crippen molar-refractivity contribution in [3.05, 3.63) is 64.4 Å². The van der Waals surface area contributed by atoms with E-state index < -0.39 is 0 Å². The van der Waals surface area contributed by atoms with Crippen LogP contribution < -0.4 is 5.32 Å². The van der Waals surface area contributed by atoms with Crippen molar-refractivity contribution in [3.8, 4) is 0 Å². The number of piperazine rings is 1. The minimum absolute atomic E-state index is 0.180. The van der Waals surface area contributed by atoms with Gasteiger partial charge in [0.2, 0.25) is 0 Å². The van der Waals surface area contributed by atoms with Gasteiger partial charge in [-0.15, -0.1) is 0 Å². The molecule has 0 aromatic heterocycles. The molecule has 1 N–H and O–H groups in total. The van der Waals surface area contributed by atoms with Crippen LogP contribution in [0.5, 0.6) is 0 Å². The lowest BCUT2D eigenvalue weighted by atomic mass is 10.2. The molecule has 25 heavy (non-hydrogen) atoms. The molecule has 0 atom stereocenters. The largest absolute Gasteiger partial charge is 0.346 e. The number of rotatable bonds is 3. The summed E-state index contributed by atoms with van der Waals surface area (Å²) in [5, 5.41) is 4.25. The van der Waals surface area contributed by atoms with Crippen LogP contribution in [0.1, 0.15) is 11.1 Å². The van der Waals surface area contributed by atoms with Gasteiger partial charge in [-0.2, -0.15) is 0 Å². The lowest BCUT2D eigenvalue weighted by Crippen LogP contribution is -2.49. The second-order valence-corrected chi connectivity index (χ2v) is 7.11. The van der Waals surface area contributed by atoms with E-state index in [1.54, 1.807) is 12.1 Å². The van der Waals surface area contributed by atoms with Gasteiger partial charge in [0.05, 0.1) is 5.02 Å². The minimum Gasteiger partial charge on any atom is -0.346 e. The SMILES string of the molecule is Cc1cccc(NC(=S)N2CCN(Cc3ccc(F)c(Cl)c3)CC2)c1. The highest BCUT2D eigenvalue weighted by Crippen LogP contribution is 2.18. The Bertz CT molecular complexity index is 760. The molecule has 3 nitrogen and oxygen atoms in total. The Morgan fingerprint density at radius 3 is 2.60 bits per heavy atom. The number of benzene rings is 2. The molecule has 2 aromatic carbocycles. The molecule has 2 aromatic rings. The topological polar surface area (TPSA) is 18.5 Å². The molecule has 1 fully saturated rings. The second kappa shape index (κ2) is 8.13. The smallest absolute Gasteiger partial charge is 0.173 e. The summed E-state index contributed by atoms with van der Waals surface area (Å²) < 4.78 is 13.2. The number of halogens is 2. The van der Waals surface area contributed by atoms with Gasteiger partial charge in [0.1, 0.15) is 5.82 Å². The minimum atomic E-state index is -0.372. The standard InChI is InChI=1S/C19H21ClFN3S/c1-14-3-2-4-16(11-14)22-19(25)24-9-7-23(8-10-24)13-15-5-6-18(21)17(20)12-15/h2-6,11-12H,7-10,13H2,1H3,(H,22,25). The third kappa shape index (κ3) is 4.91. The Hall–Kier alpha value is -1.69. The zero-order valence-electron chi connectivity index (χ0n) is 14.1. The summed E-state index contributed by atoms with van der Waals surface area (Å²) in [5.74, 6) is -0.372. The summed E-state index contributed by atoms with van der Waals surface area (Å²) in [5.41, 5.74) is 3.25. The number of anilines is 1. The highest BCUT2D eigenvalue weighted by atomic mass is 35.5. The lowest BCUT2D eigenvalue weighted by molar-refractivity contribution is 0.177. The predicted molar refractivity (Wildman–Crippen MR) is 106 cm³/mol. The first-order valence-corrected chi connectivity index (χ1v) is 9.09. The van der Waals surface area contributed by atoms with E-state index in [0.717, 1.165) is 49.1 Å². The van der Waals surface area contributed by atoms with Crippen LogP contribution >= 0.6 is 23.8 Å². The molecule has 0 saturated carbocycles. The van der Waals surface area contributed by atoms with E-state index in [1.165, 1.54) is 11.6 Å². The molecule has 1 aliphatic heterocycles. The van der Waals surface area contributed by atoms with E-state index in [2.05, 4.69) is 34.2 Å². The zero-order valence-corrected chi connectivity index (χ0v) is 15.7. The van der Waals surface area contributed by atoms with Crippen molar-refractivity contribution in [2.75, 3.05) is 31.5 Å². The van der Waals surface area contributed by atoms with Crippen molar-refractivity contribution in [1.82, 2.24) is 9.80 Å². The lowest BCUT2D eigenvalue weighted by Gasteiger charge is -2.36. The molecule has 0 spiro atoms. The normalized spacial score (nSPS) is 15.2. The average Bonchev–Trinajstić information content (AvgIpc) is 2.59. The summed E-state index contributed by atoms with van der Waals surface area (Å²) in [6.07, 6.45) is 0. The van der Waals surface area contributed by atoms with Crippen molar-refractivity contribution in [3.63, 3.8) is 0 Å². The maximum absolute atomic E-state index is 13.2. The summed E-state index contributed by atoms with van der Waals surface area (Å²) in [6.45, 7) is 6.38. The Morgan fingerprint density at radius 2 is 1.92 bits per heavy atom. The van der Waals surface area contributed by atoms with Gasteiger partial charge in [-0.25, -0.2) is 4.39 Å². The summed E-state index contributed by atoms with van der Waals surface area (Å²) in [7, 11) is 0. The van der Waals surface area contributed by atoms with Gasteiger partial charge in [0, 0.05) is 38.4 Å². The molecule has 6 heteroatoms. The third-order valence-corrected chi connectivity index (χ3v) is 4.97.